The summed E-state index contributed by atoms with van der Waals surface area (Å²) in [4.78, 5) is 11.8. The van der Waals surface area contributed by atoms with E-state index < -0.39 is 0 Å². The van der Waals surface area contributed by atoms with Crippen LogP contribution >= 0.6 is 11.6 Å². The predicted molar refractivity (Wildman–Crippen MR) is 92.3 cm³/mol. The highest BCUT2D eigenvalue weighted by molar-refractivity contribution is 6.33. The van der Waals surface area contributed by atoms with Gasteiger partial charge >= 0.3 is 0 Å². The Morgan fingerprint density at radius 3 is 2.55 bits per heavy atom. The Morgan fingerprint density at radius 1 is 1.14 bits per heavy atom. The van der Waals surface area contributed by atoms with Gasteiger partial charge in [-0.2, -0.15) is 0 Å². The van der Waals surface area contributed by atoms with Gasteiger partial charge in [-0.05, 0) is 36.6 Å². The first-order valence-corrected chi connectivity index (χ1v) is 7.75. The molecule has 0 aliphatic rings. The van der Waals surface area contributed by atoms with Crippen molar-refractivity contribution in [2.75, 3.05) is 11.9 Å². The van der Waals surface area contributed by atoms with E-state index in [2.05, 4.69) is 16.7 Å². The van der Waals surface area contributed by atoms with Gasteiger partial charge in [0.25, 0.3) is 0 Å². The zero-order valence-electron chi connectivity index (χ0n) is 12.9. The predicted octanol–water partition coefficient (Wildman–Crippen LogP) is 4.08. The molecule has 0 heterocycles. The van der Waals surface area contributed by atoms with Crippen molar-refractivity contribution in [3.63, 3.8) is 0 Å². The van der Waals surface area contributed by atoms with Gasteiger partial charge in [-0.25, -0.2) is 0 Å². The van der Waals surface area contributed by atoms with Gasteiger partial charge in [0.2, 0.25) is 5.91 Å². The number of carbonyl (C=O) groups is 1. The molecule has 0 radical (unpaired) electrons. The fraction of sp³-hybridized carbons (Fsp3) is 0.278. The monoisotopic (exact) mass is 316 g/mol. The van der Waals surface area contributed by atoms with Gasteiger partial charge in [0.15, 0.2) is 0 Å². The van der Waals surface area contributed by atoms with Crippen LogP contribution in [-0.4, -0.2) is 12.5 Å². The quantitative estimate of drug-likeness (QED) is 0.843. The maximum Gasteiger partial charge on any atom is 0.222 e. The molecule has 3 nitrogen and oxygen atoms in total. The number of nitrogens with one attached hydrogen (secondary N) is 2. The van der Waals surface area contributed by atoms with E-state index in [0.717, 1.165) is 22.4 Å². The van der Waals surface area contributed by atoms with Crippen LogP contribution in [0.3, 0.4) is 0 Å². The van der Waals surface area contributed by atoms with Gasteiger partial charge < -0.3 is 10.6 Å². The van der Waals surface area contributed by atoms with Gasteiger partial charge in [0.1, 0.15) is 0 Å². The molecule has 0 aliphatic heterocycles. The smallest absolute Gasteiger partial charge is 0.222 e. The maximum atomic E-state index is 11.8. The Morgan fingerprint density at radius 2 is 1.86 bits per heavy atom. The van der Waals surface area contributed by atoms with Crippen molar-refractivity contribution < 1.29 is 4.79 Å². The summed E-state index contributed by atoms with van der Waals surface area (Å²) in [7, 11) is 0. The minimum Gasteiger partial charge on any atom is -0.383 e. The van der Waals surface area contributed by atoms with Gasteiger partial charge in [-0.1, -0.05) is 48.0 Å². The van der Waals surface area contributed by atoms with Gasteiger partial charge in [-0.15, -0.1) is 0 Å². The highest BCUT2D eigenvalue weighted by Crippen LogP contribution is 2.27. The second-order valence-corrected chi connectivity index (χ2v) is 5.78. The van der Waals surface area contributed by atoms with Crippen LogP contribution in [0.4, 0.5) is 5.69 Å². The van der Waals surface area contributed by atoms with Crippen molar-refractivity contribution in [1.29, 1.82) is 0 Å². The lowest BCUT2D eigenvalue weighted by atomic mass is 10.1. The number of carbonyl (C=O) groups excluding carboxylic acids is 1. The van der Waals surface area contributed by atoms with Crippen LogP contribution in [0.5, 0.6) is 0 Å². The van der Waals surface area contributed by atoms with E-state index in [-0.39, 0.29) is 5.91 Å². The van der Waals surface area contributed by atoms with E-state index in [0.29, 0.717) is 24.5 Å². The van der Waals surface area contributed by atoms with Crippen molar-refractivity contribution in [3.05, 3.63) is 64.2 Å². The topological polar surface area (TPSA) is 41.1 Å². The van der Waals surface area contributed by atoms with Gasteiger partial charge in [0, 0.05) is 19.5 Å². The summed E-state index contributed by atoms with van der Waals surface area (Å²) < 4.78 is 0. The van der Waals surface area contributed by atoms with Crippen LogP contribution in [0.2, 0.25) is 5.02 Å². The number of anilines is 1. The summed E-state index contributed by atoms with van der Waals surface area (Å²) >= 11 is 6.23. The van der Waals surface area contributed by atoms with E-state index >= 15 is 0 Å². The largest absolute Gasteiger partial charge is 0.383 e. The molecule has 2 N–H and O–H groups in total. The minimum absolute atomic E-state index is 0.0252. The Balaban J connectivity index is 1.78. The molecule has 0 aromatic heterocycles. The Labute approximate surface area is 136 Å². The SMILES string of the molecule is Cc1cc(C)c(NCCC(=O)NCc2ccccc2)c(Cl)c1. The van der Waals surface area contributed by atoms with E-state index in [9.17, 15) is 4.79 Å². The molecular weight excluding hydrogens is 296 g/mol. The molecule has 0 saturated heterocycles. The van der Waals surface area contributed by atoms with E-state index in [4.69, 9.17) is 11.6 Å². The first kappa shape index (κ1) is 16.4. The molecule has 2 aromatic rings. The highest BCUT2D eigenvalue weighted by atomic mass is 35.5. The highest BCUT2D eigenvalue weighted by Gasteiger charge is 2.06. The molecule has 0 saturated carbocycles. The minimum atomic E-state index is 0.0252. The lowest BCUT2D eigenvalue weighted by molar-refractivity contribution is -0.121. The molecule has 22 heavy (non-hydrogen) atoms. The lowest BCUT2D eigenvalue weighted by Gasteiger charge is -2.12. The van der Waals surface area contributed by atoms with Gasteiger partial charge in [-0.3, -0.25) is 4.79 Å². The number of hydrogen-bond acceptors (Lipinski definition) is 2. The molecule has 0 aliphatic carbocycles. The third-order valence-corrected chi connectivity index (χ3v) is 3.72. The summed E-state index contributed by atoms with van der Waals surface area (Å²) in [6.45, 7) is 5.14. The number of rotatable bonds is 6. The third-order valence-electron chi connectivity index (χ3n) is 3.42. The van der Waals surface area contributed by atoms with Crippen molar-refractivity contribution >= 4 is 23.2 Å². The normalized spacial score (nSPS) is 10.3. The Hall–Kier alpha value is -2.00. The van der Waals surface area contributed by atoms with Crippen LogP contribution in [0, 0.1) is 13.8 Å². The molecule has 0 unspecified atom stereocenters. The Bertz CT molecular complexity index is 618. The number of aryl methyl sites for hydroxylation is 2. The zero-order chi connectivity index (χ0) is 15.9. The number of amides is 1. The average Bonchev–Trinajstić information content (AvgIpc) is 2.49. The summed E-state index contributed by atoms with van der Waals surface area (Å²) in [5, 5.41) is 6.85. The summed E-state index contributed by atoms with van der Waals surface area (Å²) in [5.41, 5.74) is 4.23. The van der Waals surface area contributed by atoms with Gasteiger partial charge in [0.05, 0.1) is 10.7 Å². The summed E-state index contributed by atoms with van der Waals surface area (Å²) in [6.07, 6.45) is 0.413. The van der Waals surface area contributed by atoms with Crippen LogP contribution in [0.25, 0.3) is 0 Å². The second-order valence-electron chi connectivity index (χ2n) is 5.38. The molecule has 0 bridgehead atoms. The van der Waals surface area contributed by atoms with Crippen molar-refractivity contribution in [2.24, 2.45) is 0 Å². The van der Waals surface area contributed by atoms with Crippen molar-refractivity contribution in [3.8, 4) is 0 Å². The van der Waals surface area contributed by atoms with Crippen LogP contribution in [-0.2, 0) is 11.3 Å². The fourth-order valence-corrected chi connectivity index (χ4v) is 2.71. The molecule has 2 rings (SSSR count). The van der Waals surface area contributed by atoms with Crippen LogP contribution in [0.1, 0.15) is 23.1 Å². The molecule has 0 spiro atoms. The summed E-state index contributed by atoms with van der Waals surface area (Å²) in [6, 6.07) is 13.9. The van der Waals surface area contributed by atoms with Crippen LogP contribution in [0.15, 0.2) is 42.5 Å². The lowest BCUT2D eigenvalue weighted by Crippen LogP contribution is -2.25. The molecule has 0 fully saturated rings. The molecule has 1 amide bonds. The number of benzene rings is 2. The first-order chi connectivity index (χ1) is 10.6. The molecule has 116 valence electrons. The fourth-order valence-electron chi connectivity index (χ4n) is 2.33. The Kier molecular flexibility index (Phi) is 5.84. The number of halogens is 1. The average molecular weight is 317 g/mol. The standard InChI is InChI=1S/C18H21ClN2O/c1-13-10-14(2)18(16(19)11-13)20-9-8-17(22)21-12-15-6-4-3-5-7-15/h3-7,10-11,20H,8-9,12H2,1-2H3,(H,21,22). The zero-order valence-corrected chi connectivity index (χ0v) is 13.7. The van der Waals surface area contributed by atoms with Crippen molar-refractivity contribution in [2.45, 2.75) is 26.8 Å². The molecule has 2 aromatic carbocycles. The first-order valence-electron chi connectivity index (χ1n) is 7.37. The van der Waals surface area contributed by atoms with Crippen molar-refractivity contribution in [1.82, 2.24) is 5.32 Å². The third kappa shape index (κ3) is 4.78. The maximum absolute atomic E-state index is 11.8. The number of hydrogen-bond donors (Lipinski definition) is 2. The van der Waals surface area contributed by atoms with E-state index in [1.54, 1.807) is 0 Å². The van der Waals surface area contributed by atoms with E-state index in [1.807, 2.05) is 50.2 Å². The summed E-state index contributed by atoms with van der Waals surface area (Å²) in [5.74, 6) is 0.0252. The molecule has 0 atom stereocenters. The van der Waals surface area contributed by atoms with Crippen LogP contribution < -0.4 is 10.6 Å². The second kappa shape index (κ2) is 7.85. The van der Waals surface area contributed by atoms with E-state index in [1.165, 1.54) is 0 Å². The molecule has 4 heteroatoms. The molecular formula is C18H21ClN2O.